The van der Waals surface area contributed by atoms with Crippen LogP contribution in [0.15, 0.2) is 4.99 Å². The van der Waals surface area contributed by atoms with E-state index in [1.807, 2.05) is 13.8 Å². The Balaban J connectivity index is 3.78. The van der Waals surface area contributed by atoms with E-state index in [4.69, 9.17) is 11.1 Å². The van der Waals surface area contributed by atoms with Crippen molar-refractivity contribution < 1.29 is 0 Å². The molecule has 0 aromatic rings. The van der Waals surface area contributed by atoms with Gasteiger partial charge in [0, 0.05) is 6.04 Å². The number of amidine groups is 1. The lowest BCUT2D eigenvalue weighted by Crippen LogP contribution is -2.15. The summed E-state index contributed by atoms with van der Waals surface area (Å²) in [6.45, 7) is 4.00. The van der Waals surface area contributed by atoms with E-state index in [0.29, 0.717) is 5.84 Å². The highest BCUT2D eigenvalue weighted by Gasteiger charge is 1.92. The molecule has 0 radical (unpaired) electrons. The molecule has 0 bridgehead atoms. The highest BCUT2D eigenvalue weighted by Crippen LogP contribution is 1.92. The Hall–Kier alpha value is -0.860. The Morgan fingerprint density at radius 3 is 2.78 bits per heavy atom. The van der Waals surface area contributed by atoms with Gasteiger partial charge in [-0.1, -0.05) is 6.92 Å². The molecule has 3 heteroatoms. The molecule has 0 aliphatic heterocycles. The zero-order valence-corrected chi connectivity index (χ0v) is 5.89. The van der Waals surface area contributed by atoms with Gasteiger partial charge in [-0.3, -0.25) is 4.99 Å². The van der Waals surface area contributed by atoms with E-state index in [0.717, 1.165) is 12.6 Å². The predicted octanol–water partition coefficient (Wildman–Crippen LogP) is 0.792. The molecule has 3 nitrogen and oxygen atoms in total. The van der Waals surface area contributed by atoms with Gasteiger partial charge < -0.3 is 11.1 Å². The van der Waals surface area contributed by atoms with Crippen LogP contribution in [0.5, 0.6) is 0 Å². The van der Waals surface area contributed by atoms with Crippen LogP contribution in [0.4, 0.5) is 0 Å². The Morgan fingerprint density at radius 1 is 1.89 bits per heavy atom. The van der Waals surface area contributed by atoms with Gasteiger partial charge >= 0.3 is 0 Å². The molecule has 0 saturated heterocycles. The molecule has 0 aromatic heterocycles. The average Bonchev–Trinajstić information content (AvgIpc) is 1.87. The second kappa shape index (κ2) is 4.06. The van der Waals surface area contributed by atoms with Crippen LogP contribution in [-0.4, -0.2) is 18.1 Å². The Labute approximate surface area is 55.5 Å². The molecule has 0 amide bonds. The Morgan fingerprint density at radius 2 is 2.44 bits per heavy atom. The number of nitrogens with two attached hydrogens (primary N) is 1. The van der Waals surface area contributed by atoms with Gasteiger partial charge in [0.2, 0.25) is 0 Å². The summed E-state index contributed by atoms with van der Waals surface area (Å²) < 4.78 is 0. The maximum atomic E-state index is 6.70. The summed E-state index contributed by atoms with van der Waals surface area (Å²) >= 11 is 0. The first kappa shape index (κ1) is 8.14. The molecule has 0 saturated carbocycles. The number of rotatable bonds is 3. The highest BCUT2D eigenvalue weighted by atomic mass is 14.9. The first-order valence-corrected chi connectivity index (χ1v) is 3.04. The van der Waals surface area contributed by atoms with Crippen LogP contribution in [0.25, 0.3) is 0 Å². The fraction of sp³-hybridized carbons (Fsp3) is 0.667. The van der Waals surface area contributed by atoms with Gasteiger partial charge in [-0.2, -0.15) is 0 Å². The van der Waals surface area contributed by atoms with E-state index >= 15 is 0 Å². The quantitative estimate of drug-likeness (QED) is 0.427. The molecule has 9 heavy (non-hydrogen) atoms. The monoisotopic (exact) mass is 127 g/mol. The predicted molar refractivity (Wildman–Crippen MR) is 40.2 cm³/mol. The van der Waals surface area contributed by atoms with Crippen molar-refractivity contribution in [2.75, 3.05) is 0 Å². The van der Waals surface area contributed by atoms with Crippen molar-refractivity contribution in [3.05, 3.63) is 0 Å². The second-order valence-corrected chi connectivity index (χ2v) is 1.96. The third-order valence-electron chi connectivity index (χ3n) is 1.11. The van der Waals surface area contributed by atoms with E-state index < -0.39 is 0 Å². The van der Waals surface area contributed by atoms with Gasteiger partial charge in [0.05, 0.1) is 6.21 Å². The number of nitrogens with one attached hydrogen (secondary N) is 1. The fourth-order valence-corrected chi connectivity index (χ4v) is 0.383. The molecule has 3 N–H and O–H groups in total. The zero-order valence-electron chi connectivity index (χ0n) is 5.89. The third kappa shape index (κ3) is 3.70. The summed E-state index contributed by atoms with van der Waals surface area (Å²) in [6, 6.07) is 0.242. The number of aliphatic imine (C=N–C) groups is 1. The lowest BCUT2D eigenvalue weighted by molar-refractivity contribution is 0.718. The van der Waals surface area contributed by atoms with Crippen LogP contribution in [-0.2, 0) is 0 Å². The number of hydrogen-bond donors (Lipinski definition) is 2. The minimum absolute atomic E-state index is 0.242. The van der Waals surface area contributed by atoms with Gasteiger partial charge in [0.1, 0.15) is 5.84 Å². The normalized spacial score (nSPS) is 15.1. The van der Waals surface area contributed by atoms with Gasteiger partial charge in [-0.15, -0.1) is 0 Å². The maximum absolute atomic E-state index is 6.70. The molecular formula is C6H13N3. The van der Waals surface area contributed by atoms with Crippen molar-refractivity contribution >= 4 is 12.1 Å². The first-order chi connectivity index (χ1) is 4.20. The molecule has 0 fully saturated rings. The summed E-state index contributed by atoms with van der Waals surface area (Å²) in [5.41, 5.74) is 5.26. The van der Waals surface area contributed by atoms with Gasteiger partial charge in [0.15, 0.2) is 0 Å². The van der Waals surface area contributed by atoms with Crippen molar-refractivity contribution in [1.29, 1.82) is 5.41 Å². The lowest BCUT2D eigenvalue weighted by Gasteiger charge is -1.99. The van der Waals surface area contributed by atoms with E-state index in [9.17, 15) is 0 Å². The molecule has 1 unspecified atom stereocenters. The van der Waals surface area contributed by atoms with Crippen molar-refractivity contribution in [3.63, 3.8) is 0 Å². The fourth-order valence-electron chi connectivity index (χ4n) is 0.383. The van der Waals surface area contributed by atoms with Crippen LogP contribution in [0.1, 0.15) is 20.3 Å². The first-order valence-electron chi connectivity index (χ1n) is 3.04. The van der Waals surface area contributed by atoms with Crippen LogP contribution in [0.3, 0.4) is 0 Å². The number of hydrogen-bond acceptors (Lipinski definition) is 2. The highest BCUT2D eigenvalue weighted by molar-refractivity contribution is 6.27. The van der Waals surface area contributed by atoms with Gasteiger partial charge in [-0.05, 0) is 13.3 Å². The summed E-state index contributed by atoms with van der Waals surface area (Å²) in [5.74, 6) is 0.310. The van der Waals surface area contributed by atoms with Crippen molar-refractivity contribution in [2.45, 2.75) is 26.3 Å². The molecule has 0 aliphatic rings. The van der Waals surface area contributed by atoms with Crippen molar-refractivity contribution in [3.8, 4) is 0 Å². The van der Waals surface area contributed by atoms with E-state index in [-0.39, 0.29) is 6.04 Å². The van der Waals surface area contributed by atoms with E-state index in [2.05, 4.69) is 4.99 Å². The third-order valence-corrected chi connectivity index (χ3v) is 1.11. The topological polar surface area (TPSA) is 62.2 Å². The second-order valence-electron chi connectivity index (χ2n) is 1.96. The van der Waals surface area contributed by atoms with Gasteiger partial charge in [-0.25, -0.2) is 0 Å². The summed E-state index contributed by atoms with van der Waals surface area (Å²) in [6.07, 6.45) is 2.03. The number of nitrogens with zero attached hydrogens (tertiary/aromatic N) is 1. The average molecular weight is 127 g/mol. The molecule has 0 spiro atoms. The Kier molecular flexibility index (Phi) is 3.67. The standard InChI is InChI=1S/C6H13N3/c1-3-5(2)9-6(8)4-7/h4-5,7H,3H2,1-2H3,(H2,8,9). The molecule has 0 aliphatic carbocycles. The zero-order chi connectivity index (χ0) is 7.28. The smallest absolute Gasteiger partial charge is 0.136 e. The molecular weight excluding hydrogens is 114 g/mol. The molecule has 0 heterocycles. The Bertz CT molecular complexity index is 117. The molecule has 1 atom stereocenters. The van der Waals surface area contributed by atoms with Crippen LogP contribution >= 0.6 is 0 Å². The maximum Gasteiger partial charge on any atom is 0.136 e. The van der Waals surface area contributed by atoms with E-state index in [1.54, 1.807) is 0 Å². The van der Waals surface area contributed by atoms with Crippen LogP contribution in [0.2, 0.25) is 0 Å². The van der Waals surface area contributed by atoms with Crippen LogP contribution in [0, 0.1) is 5.41 Å². The summed E-state index contributed by atoms with van der Waals surface area (Å²) in [5, 5.41) is 6.70. The van der Waals surface area contributed by atoms with Gasteiger partial charge in [0.25, 0.3) is 0 Å². The largest absolute Gasteiger partial charge is 0.383 e. The minimum Gasteiger partial charge on any atom is -0.383 e. The molecule has 0 rings (SSSR count). The lowest BCUT2D eigenvalue weighted by atomic mass is 10.3. The molecule has 0 aromatic carbocycles. The molecule has 52 valence electrons. The van der Waals surface area contributed by atoms with Crippen molar-refractivity contribution in [1.82, 2.24) is 0 Å². The van der Waals surface area contributed by atoms with Crippen molar-refractivity contribution in [2.24, 2.45) is 10.7 Å². The van der Waals surface area contributed by atoms with E-state index in [1.165, 1.54) is 0 Å². The minimum atomic E-state index is 0.242. The van der Waals surface area contributed by atoms with Crippen LogP contribution < -0.4 is 5.73 Å². The summed E-state index contributed by atoms with van der Waals surface area (Å²) in [7, 11) is 0. The summed E-state index contributed by atoms with van der Waals surface area (Å²) in [4.78, 5) is 3.97. The SMILES string of the molecule is CCC(C)N=C(N)C=N.